The van der Waals surface area contributed by atoms with Gasteiger partial charge in [-0.05, 0) is 56.1 Å². The number of alkyl halides is 3. The van der Waals surface area contributed by atoms with Crippen LogP contribution in [0, 0.1) is 0 Å². The molecule has 0 aliphatic rings. The summed E-state index contributed by atoms with van der Waals surface area (Å²) in [7, 11) is 0. The largest absolute Gasteiger partial charge is 0.573 e. The van der Waals surface area contributed by atoms with Crippen molar-refractivity contribution >= 4 is 38.1 Å². The van der Waals surface area contributed by atoms with E-state index in [1.165, 1.54) is 6.07 Å². The lowest BCUT2D eigenvalue weighted by Crippen LogP contribution is -2.17. The average molecular weight is 414 g/mol. The zero-order valence-electron chi connectivity index (χ0n) is 9.50. The zero-order chi connectivity index (χ0) is 14.9. The lowest BCUT2D eigenvalue weighted by molar-refractivity contribution is -0.274. The summed E-state index contributed by atoms with van der Waals surface area (Å²) in [6.45, 7) is 0. The third kappa shape index (κ3) is 3.43. The van der Waals surface area contributed by atoms with Crippen molar-refractivity contribution < 1.29 is 27.1 Å². The van der Waals surface area contributed by atoms with Gasteiger partial charge in [-0.15, -0.1) is 13.2 Å². The van der Waals surface area contributed by atoms with Crippen molar-refractivity contribution in [1.82, 2.24) is 0 Å². The van der Waals surface area contributed by atoms with Gasteiger partial charge in [-0.1, -0.05) is 0 Å². The van der Waals surface area contributed by atoms with E-state index in [4.69, 9.17) is 4.42 Å². The first-order chi connectivity index (χ1) is 9.30. The van der Waals surface area contributed by atoms with Crippen molar-refractivity contribution in [1.29, 1.82) is 0 Å². The maximum Gasteiger partial charge on any atom is 0.573 e. The molecule has 1 aromatic heterocycles. The van der Waals surface area contributed by atoms with Crippen molar-refractivity contribution in [2.45, 2.75) is 6.36 Å². The normalized spacial score (nSPS) is 11.4. The van der Waals surface area contributed by atoms with Crippen molar-refractivity contribution in [3.8, 4) is 17.1 Å². The van der Waals surface area contributed by atoms with Crippen LogP contribution in [0.5, 0.6) is 5.75 Å². The van der Waals surface area contributed by atoms with Crippen LogP contribution >= 0.6 is 31.9 Å². The number of benzene rings is 1. The molecule has 0 saturated carbocycles. The predicted octanol–water partition coefficient (Wildman–Crippen LogP) is 5.18. The first kappa shape index (κ1) is 15.1. The molecular formula is C12H5Br2F3O3. The Hall–Kier alpha value is -1.28. The summed E-state index contributed by atoms with van der Waals surface area (Å²) in [5, 5.41) is 0. The number of hydrogen-bond acceptors (Lipinski definition) is 3. The summed E-state index contributed by atoms with van der Waals surface area (Å²) in [6, 6.07) is 5.33. The van der Waals surface area contributed by atoms with E-state index in [1.807, 2.05) is 0 Å². The molecule has 8 heteroatoms. The molecule has 0 radical (unpaired) electrons. The maximum atomic E-state index is 12.2. The van der Waals surface area contributed by atoms with Crippen LogP contribution in [0.2, 0.25) is 0 Å². The fourth-order valence-electron chi connectivity index (χ4n) is 1.53. The van der Waals surface area contributed by atoms with E-state index in [9.17, 15) is 18.0 Å². The monoisotopic (exact) mass is 412 g/mol. The molecule has 0 N–H and O–H groups in total. The first-order valence-electron chi connectivity index (χ1n) is 5.10. The summed E-state index contributed by atoms with van der Waals surface area (Å²) in [5.74, 6) is 0.0843. The third-order valence-electron chi connectivity index (χ3n) is 2.24. The van der Waals surface area contributed by atoms with Crippen LogP contribution in [0.4, 0.5) is 13.2 Å². The second-order valence-corrected chi connectivity index (χ2v) is 5.34. The van der Waals surface area contributed by atoms with Gasteiger partial charge >= 0.3 is 6.36 Å². The maximum absolute atomic E-state index is 12.2. The minimum Gasteiger partial charge on any atom is -0.453 e. The van der Waals surface area contributed by atoms with Crippen LogP contribution < -0.4 is 4.74 Å². The first-order valence-corrected chi connectivity index (χ1v) is 6.69. The van der Waals surface area contributed by atoms with Gasteiger partial charge in [-0.2, -0.15) is 0 Å². The van der Waals surface area contributed by atoms with Crippen molar-refractivity contribution in [2.75, 3.05) is 0 Å². The van der Waals surface area contributed by atoms with Gasteiger partial charge in [0, 0.05) is 14.5 Å². The summed E-state index contributed by atoms with van der Waals surface area (Å²) >= 11 is 6.30. The van der Waals surface area contributed by atoms with E-state index in [0.29, 0.717) is 26.6 Å². The lowest BCUT2D eigenvalue weighted by Gasteiger charge is -2.12. The topological polar surface area (TPSA) is 39.4 Å². The third-order valence-corrected chi connectivity index (χ3v) is 3.49. The molecule has 0 fully saturated rings. The standard InChI is InChI=1S/C12H5Br2F3O3/c13-8-3-7(20-12(15,16)17)4-9(14)11(8)10-2-1-6(5-18)19-10/h1-5H. The highest BCUT2D eigenvalue weighted by molar-refractivity contribution is 9.11. The highest BCUT2D eigenvalue weighted by atomic mass is 79.9. The van der Waals surface area contributed by atoms with Gasteiger partial charge in [0.05, 0.1) is 0 Å². The van der Waals surface area contributed by atoms with Crippen molar-refractivity contribution in [3.05, 3.63) is 39.0 Å². The lowest BCUT2D eigenvalue weighted by atomic mass is 10.1. The van der Waals surface area contributed by atoms with Gasteiger partial charge in [-0.25, -0.2) is 0 Å². The van der Waals surface area contributed by atoms with E-state index >= 15 is 0 Å². The smallest absolute Gasteiger partial charge is 0.453 e. The molecule has 0 amide bonds. The van der Waals surface area contributed by atoms with Gasteiger partial charge in [0.15, 0.2) is 12.0 Å². The summed E-state index contributed by atoms with van der Waals surface area (Å²) in [4.78, 5) is 10.6. The molecule has 0 spiro atoms. The summed E-state index contributed by atoms with van der Waals surface area (Å²) < 4.78 is 46.2. The molecule has 2 rings (SSSR count). The van der Waals surface area contributed by atoms with E-state index < -0.39 is 6.36 Å². The van der Waals surface area contributed by atoms with Gasteiger partial charge in [0.25, 0.3) is 0 Å². The van der Waals surface area contributed by atoms with Gasteiger partial charge in [-0.3, -0.25) is 4.79 Å². The zero-order valence-corrected chi connectivity index (χ0v) is 12.7. The molecule has 1 heterocycles. The van der Waals surface area contributed by atoms with Gasteiger partial charge < -0.3 is 9.15 Å². The molecule has 1 aromatic carbocycles. The number of aldehydes is 1. The molecular weight excluding hydrogens is 409 g/mol. The number of furan rings is 1. The van der Waals surface area contributed by atoms with Crippen LogP contribution in [0.3, 0.4) is 0 Å². The van der Waals surface area contributed by atoms with Crippen LogP contribution in [0.25, 0.3) is 11.3 Å². The molecule has 0 saturated heterocycles. The molecule has 0 unspecified atom stereocenters. The highest BCUT2D eigenvalue weighted by Gasteiger charge is 2.31. The van der Waals surface area contributed by atoms with Gasteiger partial charge in [0.2, 0.25) is 0 Å². The fourth-order valence-corrected chi connectivity index (χ4v) is 3.06. The minimum atomic E-state index is -4.77. The Morgan fingerprint density at radius 2 is 1.75 bits per heavy atom. The molecule has 0 aliphatic carbocycles. The Bertz CT molecular complexity index is 627. The quantitative estimate of drug-likeness (QED) is 0.650. The Labute approximate surface area is 128 Å². The highest BCUT2D eigenvalue weighted by Crippen LogP contribution is 2.40. The number of rotatable bonds is 3. The molecule has 0 atom stereocenters. The molecule has 0 bridgehead atoms. The number of carbonyl (C=O) groups is 1. The van der Waals surface area contributed by atoms with Crippen LogP contribution in [0.1, 0.15) is 10.6 Å². The average Bonchev–Trinajstić information content (AvgIpc) is 2.74. The van der Waals surface area contributed by atoms with E-state index in [2.05, 4.69) is 36.6 Å². The molecule has 106 valence electrons. The minimum absolute atomic E-state index is 0.120. The Morgan fingerprint density at radius 1 is 1.15 bits per heavy atom. The Balaban J connectivity index is 2.43. The number of carbonyl (C=O) groups excluding carboxylic acids is 1. The fraction of sp³-hybridized carbons (Fsp3) is 0.0833. The molecule has 20 heavy (non-hydrogen) atoms. The van der Waals surface area contributed by atoms with E-state index in [-0.39, 0.29) is 11.5 Å². The second-order valence-electron chi connectivity index (χ2n) is 3.63. The number of ether oxygens (including phenoxy) is 1. The summed E-state index contributed by atoms with van der Waals surface area (Å²) in [6.07, 6.45) is -4.23. The van der Waals surface area contributed by atoms with E-state index in [1.54, 1.807) is 6.07 Å². The van der Waals surface area contributed by atoms with Crippen LogP contribution in [-0.4, -0.2) is 12.6 Å². The van der Waals surface area contributed by atoms with E-state index in [0.717, 1.165) is 12.1 Å². The van der Waals surface area contributed by atoms with Crippen LogP contribution in [-0.2, 0) is 0 Å². The second kappa shape index (κ2) is 5.61. The Morgan fingerprint density at radius 3 is 2.20 bits per heavy atom. The van der Waals surface area contributed by atoms with Crippen molar-refractivity contribution in [3.63, 3.8) is 0 Å². The molecule has 2 aromatic rings. The van der Waals surface area contributed by atoms with Crippen molar-refractivity contribution in [2.24, 2.45) is 0 Å². The Kier molecular flexibility index (Phi) is 4.24. The SMILES string of the molecule is O=Cc1ccc(-c2c(Br)cc(OC(F)(F)F)cc2Br)o1. The van der Waals surface area contributed by atoms with Gasteiger partial charge in [0.1, 0.15) is 11.5 Å². The molecule has 0 aliphatic heterocycles. The predicted molar refractivity (Wildman–Crippen MR) is 71.6 cm³/mol. The van der Waals surface area contributed by atoms with Crippen LogP contribution in [0.15, 0.2) is 37.6 Å². The number of halogens is 5. The molecule has 3 nitrogen and oxygen atoms in total. The number of hydrogen-bond donors (Lipinski definition) is 0. The summed E-state index contributed by atoms with van der Waals surface area (Å²) in [5.41, 5.74) is 0.479.